The molecular formula is C46H49ClN10O5. The van der Waals surface area contributed by atoms with Crippen LogP contribution in [0.1, 0.15) is 69.8 Å². The number of amides is 4. The van der Waals surface area contributed by atoms with Gasteiger partial charge in [0.05, 0.1) is 35.1 Å². The molecule has 3 aromatic carbocycles. The average Bonchev–Trinajstić information content (AvgIpc) is 3.51. The number of nitriles is 1. The smallest absolute Gasteiger partial charge is 0.262 e. The molecular weight excluding hydrogens is 808 g/mol. The van der Waals surface area contributed by atoms with Crippen molar-refractivity contribution in [2.24, 2.45) is 0 Å². The van der Waals surface area contributed by atoms with Crippen LogP contribution in [0.3, 0.4) is 0 Å². The van der Waals surface area contributed by atoms with Crippen molar-refractivity contribution in [2.75, 3.05) is 81.9 Å². The summed E-state index contributed by atoms with van der Waals surface area (Å²) in [6.07, 6.45) is 2.03. The highest BCUT2D eigenvalue weighted by atomic mass is 35.5. The first-order valence-electron chi connectivity index (χ1n) is 21.2. The topological polar surface area (TPSA) is 159 Å². The van der Waals surface area contributed by atoms with Crippen molar-refractivity contribution in [1.29, 1.82) is 5.26 Å². The summed E-state index contributed by atoms with van der Waals surface area (Å²) in [4.78, 5) is 73.0. The Morgan fingerprint density at radius 2 is 1.53 bits per heavy atom. The molecule has 4 aromatic rings. The summed E-state index contributed by atoms with van der Waals surface area (Å²) in [6, 6.07) is 22.4. The molecule has 4 fully saturated rings. The maximum absolute atomic E-state index is 13.3. The number of nitrogens with one attached hydrogen (secondary N) is 1. The minimum absolute atomic E-state index is 0.0949. The van der Waals surface area contributed by atoms with Gasteiger partial charge < -0.3 is 14.5 Å². The second-order valence-electron chi connectivity index (χ2n) is 17.3. The van der Waals surface area contributed by atoms with Gasteiger partial charge in [-0.15, -0.1) is 0 Å². The molecule has 1 aromatic heterocycles. The summed E-state index contributed by atoms with van der Waals surface area (Å²) in [6.45, 7) is 14.7. The lowest BCUT2D eigenvalue weighted by Crippen LogP contribution is -2.64. The zero-order valence-electron chi connectivity index (χ0n) is 34.9. The highest BCUT2D eigenvalue weighted by molar-refractivity contribution is 6.30. The number of hydrogen-bond acceptors (Lipinski definition) is 13. The number of carbonyl (C=O) groups excluding carboxylic acids is 4. The number of piperazine rings is 2. The molecule has 1 N–H and O–H groups in total. The van der Waals surface area contributed by atoms with E-state index in [9.17, 15) is 24.4 Å². The van der Waals surface area contributed by atoms with Crippen LogP contribution in [0.15, 0.2) is 72.9 Å². The number of rotatable bonds is 11. The number of imide groups is 2. The molecule has 62 heavy (non-hydrogen) atoms. The molecule has 5 aliphatic heterocycles. The second-order valence-corrected chi connectivity index (χ2v) is 17.7. The number of anilines is 2. The molecule has 1 atom stereocenters. The largest absolute Gasteiger partial charge is 0.487 e. The van der Waals surface area contributed by atoms with Gasteiger partial charge in [0.1, 0.15) is 18.4 Å². The Bertz CT molecular complexity index is 2430. The van der Waals surface area contributed by atoms with Gasteiger partial charge in [-0.2, -0.15) is 5.26 Å². The molecule has 0 aliphatic carbocycles. The summed E-state index contributed by atoms with van der Waals surface area (Å²) in [7, 11) is 0. The van der Waals surface area contributed by atoms with Gasteiger partial charge in [-0.25, -0.2) is 9.97 Å². The van der Waals surface area contributed by atoms with Gasteiger partial charge in [-0.3, -0.25) is 44.1 Å². The fourth-order valence-corrected chi connectivity index (χ4v) is 9.36. The predicted octanol–water partition coefficient (Wildman–Crippen LogP) is 3.89. The van der Waals surface area contributed by atoms with Gasteiger partial charge in [-0.1, -0.05) is 37.6 Å². The van der Waals surface area contributed by atoms with Crippen molar-refractivity contribution in [3.05, 3.63) is 111 Å². The van der Waals surface area contributed by atoms with Crippen LogP contribution in [0.4, 0.5) is 11.6 Å². The van der Waals surface area contributed by atoms with Gasteiger partial charge in [0.25, 0.3) is 11.8 Å². The third kappa shape index (κ3) is 8.35. The number of nitrogens with zero attached hydrogens (tertiary/aromatic N) is 9. The van der Waals surface area contributed by atoms with Crippen molar-refractivity contribution in [1.82, 2.24) is 34.9 Å². The monoisotopic (exact) mass is 856 g/mol. The van der Waals surface area contributed by atoms with Crippen LogP contribution < -0.4 is 19.9 Å². The number of aromatic nitrogens is 2. The van der Waals surface area contributed by atoms with Crippen LogP contribution in [0, 0.1) is 11.3 Å². The molecule has 16 heteroatoms. The van der Waals surface area contributed by atoms with E-state index < -0.39 is 23.8 Å². The van der Waals surface area contributed by atoms with Crippen LogP contribution in [-0.2, 0) is 21.6 Å². The first-order chi connectivity index (χ1) is 29.9. The van der Waals surface area contributed by atoms with Crippen molar-refractivity contribution < 1.29 is 23.9 Å². The molecule has 4 amide bonds. The Morgan fingerprint density at radius 1 is 0.823 bits per heavy atom. The first-order valence-corrected chi connectivity index (χ1v) is 21.6. The Morgan fingerprint density at radius 3 is 2.24 bits per heavy atom. The molecule has 0 radical (unpaired) electrons. The molecule has 9 rings (SSSR count). The minimum Gasteiger partial charge on any atom is -0.487 e. The molecule has 1 unspecified atom stereocenters. The predicted molar refractivity (Wildman–Crippen MR) is 232 cm³/mol. The SMILES string of the molecule is CC(C)(c1ccc(OCc2ccnc(N3CC(N4CCN(CN5CCN(c6ccc7c(c6)C(=O)N(C6CCC(=O)NC6=O)C7=O)CC5)CC4)C3)n2)cc1)c1cc(Cl)cc(C#N)c1. The molecule has 15 nitrogen and oxygen atoms in total. The molecule has 5 aliphatic rings. The number of ether oxygens (including phenoxy) is 1. The van der Waals surface area contributed by atoms with E-state index in [0.29, 0.717) is 34.4 Å². The summed E-state index contributed by atoms with van der Waals surface area (Å²) in [5.41, 5.74) is 4.57. The van der Waals surface area contributed by atoms with Crippen LogP contribution in [0.5, 0.6) is 5.75 Å². The van der Waals surface area contributed by atoms with Crippen LogP contribution in [0.25, 0.3) is 0 Å². The fourth-order valence-electron chi connectivity index (χ4n) is 9.13. The zero-order chi connectivity index (χ0) is 43.1. The van der Waals surface area contributed by atoms with Crippen molar-refractivity contribution >= 4 is 46.9 Å². The Labute approximate surface area is 365 Å². The molecule has 320 valence electrons. The van der Waals surface area contributed by atoms with E-state index in [1.54, 1.807) is 24.4 Å². The number of carbonyl (C=O) groups is 4. The molecule has 0 spiro atoms. The second kappa shape index (κ2) is 17.1. The minimum atomic E-state index is -0.970. The summed E-state index contributed by atoms with van der Waals surface area (Å²) < 4.78 is 6.13. The van der Waals surface area contributed by atoms with E-state index in [1.165, 1.54) is 0 Å². The third-order valence-electron chi connectivity index (χ3n) is 13.0. The van der Waals surface area contributed by atoms with Crippen LogP contribution >= 0.6 is 11.6 Å². The zero-order valence-corrected chi connectivity index (χ0v) is 35.7. The Balaban J connectivity index is 0.700. The maximum atomic E-state index is 13.3. The van der Waals surface area contributed by atoms with Gasteiger partial charge in [0.2, 0.25) is 17.8 Å². The number of fused-ring (bicyclic) bond motifs is 1. The molecule has 4 saturated heterocycles. The fraction of sp³-hybridized carbons (Fsp3) is 0.413. The normalized spacial score (nSPS) is 20.5. The van der Waals surface area contributed by atoms with Gasteiger partial charge in [0.15, 0.2) is 0 Å². The molecule has 6 heterocycles. The average molecular weight is 857 g/mol. The Hall–Kier alpha value is -5.92. The van der Waals surface area contributed by atoms with E-state index >= 15 is 0 Å². The number of halogens is 1. The highest BCUT2D eigenvalue weighted by Crippen LogP contribution is 2.35. The highest BCUT2D eigenvalue weighted by Gasteiger charge is 2.45. The number of benzene rings is 3. The quantitative estimate of drug-likeness (QED) is 0.217. The van der Waals surface area contributed by atoms with Crippen molar-refractivity contribution in [3.8, 4) is 11.8 Å². The van der Waals surface area contributed by atoms with E-state index in [0.717, 1.165) is 111 Å². The standard InChI is InChI=1S/C46H49ClN10O5/c1-46(2,32-21-30(25-48)22-33(47)23-32)31-3-6-37(7-4-31)62-28-34-11-12-49-45(50-34)56-26-36(27-56)55-19-15-53(16-20-55)29-52-13-17-54(18-14-52)35-5-8-38-39(24-35)44(61)57(43(38)60)40-9-10-41(58)51-42(40)59/h3-8,11-12,21-24,36,40H,9-10,13-20,26-29H2,1-2H3,(H,51,58,59). The lowest BCUT2D eigenvalue weighted by molar-refractivity contribution is -0.136. The summed E-state index contributed by atoms with van der Waals surface area (Å²) in [5.74, 6) is -0.486. The van der Waals surface area contributed by atoms with E-state index in [-0.39, 0.29) is 24.2 Å². The van der Waals surface area contributed by atoms with Crippen molar-refractivity contribution in [2.45, 2.75) is 50.8 Å². The van der Waals surface area contributed by atoms with Crippen molar-refractivity contribution in [3.63, 3.8) is 0 Å². The summed E-state index contributed by atoms with van der Waals surface area (Å²) >= 11 is 6.30. The van der Waals surface area contributed by atoms with Gasteiger partial charge in [-0.05, 0) is 72.1 Å². The molecule has 0 saturated carbocycles. The number of piperidine rings is 1. The maximum Gasteiger partial charge on any atom is 0.262 e. The first kappa shape index (κ1) is 41.4. The van der Waals surface area contributed by atoms with Crippen LogP contribution in [0.2, 0.25) is 5.02 Å². The Kier molecular flexibility index (Phi) is 11.4. The van der Waals surface area contributed by atoms with Gasteiger partial charge in [0, 0.05) is 100 Å². The van der Waals surface area contributed by atoms with E-state index in [2.05, 4.69) is 54.7 Å². The van der Waals surface area contributed by atoms with E-state index in [4.69, 9.17) is 21.3 Å². The third-order valence-corrected chi connectivity index (χ3v) is 13.3. The lowest BCUT2D eigenvalue weighted by Gasteiger charge is -2.48. The van der Waals surface area contributed by atoms with Crippen LogP contribution in [-0.4, -0.2) is 137 Å². The van der Waals surface area contributed by atoms with Gasteiger partial charge >= 0.3 is 0 Å². The molecule has 0 bridgehead atoms. The van der Waals surface area contributed by atoms with E-state index in [1.807, 2.05) is 48.5 Å². The summed E-state index contributed by atoms with van der Waals surface area (Å²) in [5, 5.41) is 12.2. The lowest BCUT2D eigenvalue weighted by atomic mass is 9.78. The number of hydrogen-bond donors (Lipinski definition) is 1.